The van der Waals surface area contributed by atoms with E-state index in [0.29, 0.717) is 10.7 Å². The van der Waals surface area contributed by atoms with Crippen molar-refractivity contribution in [3.8, 4) is 21.8 Å². The van der Waals surface area contributed by atoms with Gasteiger partial charge in [-0.15, -0.1) is 0 Å². The first-order valence-electron chi connectivity index (χ1n) is 6.87. The highest BCUT2D eigenvalue weighted by Crippen LogP contribution is 2.37. The minimum atomic E-state index is -1.03. The van der Waals surface area contributed by atoms with E-state index in [1.54, 1.807) is 0 Å². The molecule has 2 aromatic carbocycles. The Bertz CT molecular complexity index is 845. The van der Waals surface area contributed by atoms with E-state index in [4.69, 9.17) is 5.73 Å². The minimum absolute atomic E-state index is 0.499. The van der Waals surface area contributed by atoms with Gasteiger partial charge in [0.05, 0.1) is 0 Å². The molecule has 0 unspecified atom stereocenters. The number of nitrogens with one attached hydrogen (secondary N) is 1. The molecule has 0 radical (unpaired) electrons. The molecule has 3 aromatic rings. The highest BCUT2D eigenvalue weighted by atomic mass is 32.1. The summed E-state index contributed by atoms with van der Waals surface area (Å²) in [5.41, 5.74) is 7.43. The van der Waals surface area contributed by atoms with Crippen LogP contribution in [0.2, 0.25) is 0 Å². The Hall–Kier alpha value is -2.99. The van der Waals surface area contributed by atoms with Crippen LogP contribution in [0.1, 0.15) is 0 Å². The van der Waals surface area contributed by atoms with E-state index >= 15 is 0 Å². The highest BCUT2D eigenvalue weighted by Gasteiger charge is 2.18. The van der Waals surface area contributed by atoms with Crippen molar-refractivity contribution >= 4 is 28.2 Å². The second kappa shape index (κ2) is 6.41. The molecule has 1 heterocycles. The molecule has 0 fully saturated rings. The van der Waals surface area contributed by atoms with Crippen LogP contribution in [0.4, 0.5) is 5.00 Å². The fourth-order valence-corrected chi connectivity index (χ4v) is 3.05. The van der Waals surface area contributed by atoms with Crippen LogP contribution < -0.4 is 11.1 Å². The smallest absolute Gasteiger partial charge is 0.314 e. The third kappa shape index (κ3) is 3.27. The van der Waals surface area contributed by atoms with Crippen molar-refractivity contribution in [1.29, 1.82) is 0 Å². The van der Waals surface area contributed by atoms with Gasteiger partial charge in [-0.05, 0) is 0 Å². The van der Waals surface area contributed by atoms with E-state index in [0.717, 1.165) is 16.1 Å². The van der Waals surface area contributed by atoms with E-state index in [1.807, 2.05) is 60.7 Å². The zero-order valence-electron chi connectivity index (χ0n) is 12.0. The van der Waals surface area contributed by atoms with Crippen molar-refractivity contribution < 1.29 is 9.59 Å². The number of hydrogen-bond donors (Lipinski definition) is 2. The van der Waals surface area contributed by atoms with Gasteiger partial charge < -0.3 is 11.1 Å². The first kappa shape index (κ1) is 14.9. The molecule has 23 heavy (non-hydrogen) atoms. The molecule has 114 valence electrons. The van der Waals surface area contributed by atoms with E-state index in [1.165, 1.54) is 11.3 Å². The van der Waals surface area contributed by atoms with Gasteiger partial charge >= 0.3 is 11.8 Å². The van der Waals surface area contributed by atoms with Crippen molar-refractivity contribution in [1.82, 2.24) is 4.98 Å². The number of rotatable bonds is 3. The molecule has 0 saturated carbocycles. The van der Waals surface area contributed by atoms with Crippen LogP contribution in [0.3, 0.4) is 0 Å². The first-order valence-corrected chi connectivity index (χ1v) is 7.69. The normalized spacial score (nSPS) is 10.3. The van der Waals surface area contributed by atoms with Gasteiger partial charge in [0.2, 0.25) is 0 Å². The van der Waals surface area contributed by atoms with Gasteiger partial charge in [0.25, 0.3) is 0 Å². The average molecular weight is 323 g/mol. The largest absolute Gasteiger partial charge is 0.361 e. The quantitative estimate of drug-likeness (QED) is 0.727. The Morgan fingerprint density at radius 3 is 2.04 bits per heavy atom. The summed E-state index contributed by atoms with van der Waals surface area (Å²) >= 11 is 1.30. The number of carbonyl (C=O) groups excluding carboxylic acids is 2. The fourth-order valence-electron chi connectivity index (χ4n) is 2.07. The van der Waals surface area contributed by atoms with E-state index in [2.05, 4.69) is 10.3 Å². The summed E-state index contributed by atoms with van der Waals surface area (Å²) in [7, 11) is 0. The summed E-state index contributed by atoms with van der Waals surface area (Å²) < 4.78 is 0. The molecule has 3 N–H and O–H groups in total. The van der Waals surface area contributed by atoms with Gasteiger partial charge in [-0.3, -0.25) is 9.59 Å². The van der Waals surface area contributed by atoms with Crippen LogP contribution in [-0.2, 0) is 9.59 Å². The van der Waals surface area contributed by atoms with E-state index in [9.17, 15) is 9.59 Å². The fraction of sp³-hybridized carbons (Fsp3) is 0. The lowest BCUT2D eigenvalue weighted by molar-refractivity contribution is -0.134. The molecule has 3 rings (SSSR count). The van der Waals surface area contributed by atoms with Crippen LogP contribution >= 0.6 is 11.3 Å². The summed E-state index contributed by atoms with van der Waals surface area (Å²) in [6.07, 6.45) is 0. The van der Waals surface area contributed by atoms with Gasteiger partial charge in [0.1, 0.15) is 15.7 Å². The molecular formula is C17H13N3O2S. The molecular weight excluding hydrogens is 310 g/mol. The molecule has 0 atom stereocenters. The van der Waals surface area contributed by atoms with Crippen LogP contribution in [0.5, 0.6) is 0 Å². The van der Waals surface area contributed by atoms with E-state index in [-0.39, 0.29) is 0 Å². The third-order valence-electron chi connectivity index (χ3n) is 3.15. The predicted molar refractivity (Wildman–Crippen MR) is 90.8 cm³/mol. The topological polar surface area (TPSA) is 85.1 Å². The zero-order chi connectivity index (χ0) is 16.2. The first-order chi connectivity index (χ1) is 11.1. The Kier molecular flexibility index (Phi) is 4.16. The second-order valence-corrected chi connectivity index (χ2v) is 5.75. The molecule has 5 nitrogen and oxygen atoms in total. The predicted octanol–water partition coefficient (Wildman–Crippen LogP) is 2.90. The summed E-state index contributed by atoms with van der Waals surface area (Å²) in [6, 6.07) is 19.1. The Morgan fingerprint density at radius 1 is 0.913 bits per heavy atom. The number of primary amides is 1. The molecule has 6 heteroatoms. The minimum Gasteiger partial charge on any atom is -0.361 e. The molecule has 0 aliphatic rings. The summed E-state index contributed by atoms with van der Waals surface area (Å²) in [4.78, 5) is 27.3. The van der Waals surface area contributed by atoms with Crippen LogP contribution in [0, 0.1) is 0 Å². The Morgan fingerprint density at radius 2 is 1.48 bits per heavy atom. The van der Waals surface area contributed by atoms with Gasteiger partial charge in [-0.25, -0.2) is 4.98 Å². The van der Waals surface area contributed by atoms with Gasteiger partial charge in [-0.1, -0.05) is 72.0 Å². The lowest BCUT2D eigenvalue weighted by Crippen LogP contribution is -2.29. The monoisotopic (exact) mass is 323 g/mol. The number of nitrogens with zero attached hydrogens (tertiary/aromatic N) is 1. The SMILES string of the molecule is NC(=O)C(=O)Nc1sc(-c2ccccc2)nc1-c1ccccc1. The summed E-state index contributed by atoms with van der Waals surface area (Å²) in [6.45, 7) is 0. The molecule has 1 aromatic heterocycles. The summed E-state index contributed by atoms with van der Waals surface area (Å²) in [5.74, 6) is -1.89. The van der Waals surface area contributed by atoms with Crippen molar-refractivity contribution in [2.75, 3.05) is 5.32 Å². The Balaban J connectivity index is 2.07. The van der Waals surface area contributed by atoms with E-state index < -0.39 is 11.8 Å². The van der Waals surface area contributed by atoms with Crippen molar-refractivity contribution in [3.63, 3.8) is 0 Å². The standard InChI is InChI=1S/C17H13N3O2S/c18-14(21)15(22)20-17-13(11-7-3-1-4-8-11)19-16(23-17)12-9-5-2-6-10-12/h1-10H,(H2,18,21)(H,20,22). The van der Waals surface area contributed by atoms with Crippen LogP contribution in [0.15, 0.2) is 60.7 Å². The van der Waals surface area contributed by atoms with Gasteiger partial charge in [-0.2, -0.15) is 0 Å². The van der Waals surface area contributed by atoms with Crippen molar-refractivity contribution in [2.45, 2.75) is 0 Å². The molecule has 0 aliphatic carbocycles. The Labute approximate surface area is 136 Å². The maximum absolute atomic E-state index is 11.6. The molecule has 0 spiro atoms. The number of nitrogens with two attached hydrogens (primary N) is 1. The number of anilines is 1. The van der Waals surface area contributed by atoms with Crippen molar-refractivity contribution in [3.05, 3.63) is 60.7 Å². The molecule has 0 saturated heterocycles. The third-order valence-corrected chi connectivity index (χ3v) is 4.17. The average Bonchev–Trinajstić information content (AvgIpc) is 3.00. The number of thiazole rings is 1. The lowest BCUT2D eigenvalue weighted by Gasteiger charge is -2.02. The summed E-state index contributed by atoms with van der Waals surface area (Å²) in [5, 5.41) is 3.79. The number of benzene rings is 2. The maximum atomic E-state index is 11.6. The number of amides is 2. The highest BCUT2D eigenvalue weighted by molar-refractivity contribution is 7.19. The van der Waals surface area contributed by atoms with Gasteiger partial charge in [0.15, 0.2) is 0 Å². The zero-order valence-corrected chi connectivity index (χ0v) is 12.8. The maximum Gasteiger partial charge on any atom is 0.314 e. The molecule has 0 aliphatic heterocycles. The lowest BCUT2D eigenvalue weighted by atomic mass is 10.1. The van der Waals surface area contributed by atoms with Crippen LogP contribution in [-0.4, -0.2) is 16.8 Å². The van der Waals surface area contributed by atoms with Crippen LogP contribution in [0.25, 0.3) is 21.8 Å². The number of carbonyl (C=O) groups is 2. The number of hydrogen-bond acceptors (Lipinski definition) is 4. The number of aromatic nitrogens is 1. The van der Waals surface area contributed by atoms with Gasteiger partial charge in [0, 0.05) is 11.1 Å². The molecule has 0 bridgehead atoms. The second-order valence-electron chi connectivity index (χ2n) is 4.75. The van der Waals surface area contributed by atoms with Crippen molar-refractivity contribution in [2.24, 2.45) is 5.73 Å². The molecule has 2 amide bonds.